The molecule has 160 valence electrons. The zero-order valence-corrected chi connectivity index (χ0v) is 18.7. The standard InChI is InChI=1S/C24H21N5O2S/c1-13-8-9-19-17(10-13)16(15(3)26-19)11-18-22(25)29-24(27-23(18)30)32-21(28-29)12-31-20-7-5-4-6-14(20)2/h4-11H,12,25H2,1-3H3/b16-11-. The van der Waals surface area contributed by atoms with Crippen molar-refractivity contribution in [3.63, 3.8) is 0 Å². The van der Waals surface area contributed by atoms with Crippen molar-refractivity contribution in [1.82, 2.24) is 14.6 Å². The van der Waals surface area contributed by atoms with E-state index in [-0.39, 0.29) is 18.0 Å². The molecule has 8 heteroatoms. The molecular weight excluding hydrogens is 422 g/mol. The number of nitrogens with two attached hydrogens (primary N) is 1. The average molecular weight is 444 g/mol. The molecule has 0 saturated carbocycles. The first-order valence-electron chi connectivity index (χ1n) is 10.2. The average Bonchev–Trinajstić information content (AvgIpc) is 3.30. The van der Waals surface area contributed by atoms with E-state index in [9.17, 15) is 4.79 Å². The van der Waals surface area contributed by atoms with Crippen LogP contribution in [0, 0.1) is 13.8 Å². The lowest BCUT2D eigenvalue weighted by Gasteiger charge is -2.06. The van der Waals surface area contributed by atoms with Gasteiger partial charge < -0.3 is 10.5 Å². The molecule has 3 heterocycles. The Bertz CT molecular complexity index is 1500. The van der Waals surface area contributed by atoms with Crippen molar-refractivity contribution in [1.29, 1.82) is 0 Å². The van der Waals surface area contributed by atoms with Crippen LogP contribution >= 0.6 is 11.3 Å². The van der Waals surface area contributed by atoms with Gasteiger partial charge in [-0.1, -0.05) is 41.2 Å². The molecule has 4 aromatic rings. The Labute approximate surface area is 188 Å². The summed E-state index contributed by atoms with van der Waals surface area (Å²) in [5.41, 5.74) is 12.0. The van der Waals surface area contributed by atoms with Crippen LogP contribution in [0.25, 0.3) is 16.6 Å². The van der Waals surface area contributed by atoms with Crippen molar-refractivity contribution in [3.05, 3.63) is 80.1 Å². The molecule has 0 spiro atoms. The van der Waals surface area contributed by atoms with E-state index >= 15 is 0 Å². The summed E-state index contributed by atoms with van der Waals surface area (Å²) < 4.78 is 7.39. The van der Waals surface area contributed by atoms with Gasteiger partial charge in [0.15, 0.2) is 5.01 Å². The van der Waals surface area contributed by atoms with Gasteiger partial charge in [0.1, 0.15) is 18.2 Å². The van der Waals surface area contributed by atoms with Crippen LogP contribution in [0.4, 0.5) is 11.5 Å². The fourth-order valence-electron chi connectivity index (χ4n) is 3.70. The lowest BCUT2D eigenvalue weighted by Crippen LogP contribution is -2.17. The van der Waals surface area contributed by atoms with Gasteiger partial charge in [-0.25, -0.2) is 0 Å². The largest absolute Gasteiger partial charge is 0.486 e. The molecule has 0 unspecified atom stereocenters. The topological polar surface area (TPSA) is 94.9 Å². The van der Waals surface area contributed by atoms with Crippen molar-refractivity contribution < 1.29 is 4.74 Å². The molecule has 1 aliphatic heterocycles. The third-order valence-corrected chi connectivity index (χ3v) is 6.27. The Balaban J connectivity index is 1.53. The molecule has 0 bridgehead atoms. The quantitative estimate of drug-likeness (QED) is 0.498. The van der Waals surface area contributed by atoms with Gasteiger partial charge in [0.05, 0.1) is 11.3 Å². The highest BCUT2D eigenvalue weighted by Crippen LogP contribution is 2.36. The van der Waals surface area contributed by atoms with Gasteiger partial charge in [-0.3, -0.25) is 9.79 Å². The second-order valence-corrected chi connectivity index (χ2v) is 8.78. The summed E-state index contributed by atoms with van der Waals surface area (Å²) in [6.45, 7) is 6.20. The SMILES string of the molecule is CC1=Nc2ccc(C)cc2/C1=C\c1c(N)n2nc(COc3ccccc3C)sc2nc1=O. The molecule has 0 fully saturated rings. The molecule has 0 amide bonds. The Morgan fingerprint density at radius 2 is 1.97 bits per heavy atom. The van der Waals surface area contributed by atoms with Crippen molar-refractivity contribution in [2.75, 3.05) is 5.73 Å². The number of anilines is 1. The minimum atomic E-state index is -0.390. The summed E-state index contributed by atoms with van der Waals surface area (Å²) in [6, 6.07) is 13.8. The fourth-order valence-corrected chi connectivity index (χ4v) is 4.50. The van der Waals surface area contributed by atoms with Crippen molar-refractivity contribution in [3.8, 4) is 5.75 Å². The Hall–Kier alpha value is -3.78. The number of allylic oxidation sites excluding steroid dienone is 1. The van der Waals surface area contributed by atoms with Crippen LogP contribution in [0.2, 0.25) is 0 Å². The Morgan fingerprint density at radius 3 is 2.78 bits per heavy atom. The molecule has 32 heavy (non-hydrogen) atoms. The number of benzene rings is 2. The smallest absolute Gasteiger partial charge is 0.283 e. The lowest BCUT2D eigenvalue weighted by atomic mass is 9.99. The number of ether oxygens (including phenoxy) is 1. The molecule has 5 rings (SSSR count). The number of nitrogen functional groups attached to an aromatic ring is 1. The summed E-state index contributed by atoms with van der Waals surface area (Å²) in [5.74, 6) is 1.04. The maximum Gasteiger partial charge on any atom is 0.283 e. The summed E-state index contributed by atoms with van der Waals surface area (Å²) in [4.78, 5) is 22.1. The molecule has 0 aliphatic carbocycles. The highest BCUT2D eigenvalue weighted by atomic mass is 32.1. The fraction of sp³-hybridized carbons (Fsp3) is 0.167. The zero-order valence-electron chi connectivity index (χ0n) is 17.9. The number of fused-ring (bicyclic) bond motifs is 2. The van der Waals surface area contributed by atoms with Gasteiger partial charge in [-0.05, 0) is 50.6 Å². The number of para-hydroxylation sites is 1. The summed E-state index contributed by atoms with van der Waals surface area (Å²) in [5, 5.41) is 5.21. The molecule has 2 aromatic heterocycles. The van der Waals surface area contributed by atoms with Gasteiger partial charge >= 0.3 is 0 Å². The van der Waals surface area contributed by atoms with Crippen molar-refractivity contribution in [2.24, 2.45) is 4.99 Å². The molecular formula is C24H21N5O2S. The molecule has 0 saturated heterocycles. The third-order valence-electron chi connectivity index (χ3n) is 5.39. The highest BCUT2D eigenvalue weighted by Gasteiger charge is 2.20. The molecule has 2 N–H and O–H groups in total. The molecule has 0 atom stereocenters. The predicted molar refractivity (Wildman–Crippen MR) is 129 cm³/mol. The van der Waals surface area contributed by atoms with E-state index in [1.165, 1.54) is 15.9 Å². The summed E-state index contributed by atoms with van der Waals surface area (Å²) >= 11 is 1.28. The second kappa shape index (κ2) is 7.72. The lowest BCUT2D eigenvalue weighted by molar-refractivity contribution is 0.302. The van der Waals surface area contributed by atoms with E-state index in [1.54, 1.807) is 6.08 Å². The van der Waals surface area contributed by atoms with Crippen molar-refractivity contribution >= 4 is 45.2 Å². The number of hydrogen-bond donors (Lipinski definition) is 1. The number of aromatic nitrogens is 3. The van der Waals surface area contributed by atoms with Crippen LogP contribution in [0.5, 0.6) is 5.75 Å². The predicted octanol–water partition coefficient (Wildman–Crippen LogP) is 4.58. The monoisotopic (exact) mass is 443 g/mol. The van der Waals surface area contributed by atoms with Crippen LogP contribution in [0.3, 0.4) is 0 Å². The van der Waals surface area contributed by atoms with Crippen molar-refractivity contribution in [2.45, 2.75) is 27.4 Å². The maximum atomic E-state index is 12.8. The maximum absolute atomic E-state index is 12.8. The van der Waals surface area contributed by atoms with Crippen LogP contribution < -0.4 is 16.0 Å². The summed E-state index contributed by atoms with van der Waals surface area (Å²) in [7, 11) is 0. The number of rotatable bonds is 4. The Kier molecular flexibility index (Phi) is 4.86. The first-order valence-corrected chi connectivity index (χ1v) is 11.0. The number of hydrogen-bond acceptors (Lipinski definition) is 7. The molecule has 1 aliphatic rings. The molecule has 2 aromatic carbocycles. The number of aryl methyl sites for hydroxylation is 2. The van der Waals surface area contributed by atoms with Gasteiger partial charge in [0, 0.05) is 16.8 Å². The van der Waals surface area contributed by atoms with E-state index in [0.29, 0.717) is 15.5 Å². The van der Waals surface area contributed by atoms with E-state index < -0.39 is 0 Å². The van der Waals surface area contributed by atoms with Crippen LogP contribution in [-0.2, 0) is 6.61 Å². The molecule has 0 radical (unpaired) electrons. The van der Waals surface area contributed by atoms with Crippen LogP contribution in [-0.4, -0.2) is 20.3 Å². The van der Waals surface area contributed by atoms with E-state index in [0.717, 1.165) is 39.4 Å². The van der Waals surface area contributed by atoms with Gasteiger partial charge in [-0.15, -0.1) is 0 Å². The second-order valence-electron chi connectivity index (χ2n) is 7.74. The van der Waals surface area contributed by atoms with Crippen LogP contribution in [0.1, 0.15) is 34.2 Å². The Morgan fingerprint density at radius 1 is 1.16 bits per heavy atom. The van der Waals surface area contributed by atoms with E-state index in [1.807, 2.05) is 57.2 Å². The number of aliphatic imine (C=N–C) groups is 1. The summed E-state index contributed by atoms with van der Waals surface area (Å²) in [6.07, 6.45) is 1.77. The first-order chi connectivity index (χ1) is 15.4. The van der Waals surface area contributed by atoms with E-state index in [4.69, 9.17) is 10.5 Å². The zero-order chi connectivity index (χ0) is 22.4. The van der Waals surface area contributed by atoms with Gasteiger partial charge in [0.25, 0.3) is 5.56 Å². The van der Waals surface area contributed by atoms with E-state index in [2.05, 4.69) is 21.1 Å². The third kappa shape index (κ3) is 3.48. The molecule has 7 nitrogen and oxygen atoms in total. The number of nitrogens with zero attached hydrogens (tertiary/aromatic N) is 4. The van der Waals surface area contributed by atoms with Crippen LogP contribution in [0.15, 0.2) is 52.3 Å². The normalized spacial score (nSPS) is 14.1. The van der Waals surface area contributed by atoms with Gasteiger partial charge in [-0.2, -0.15) is 14.6 Å². The minimum Gasteiger partial charge on any atom is -0.486 e. The minimum absolute atomic E-state index is 0.250. The first kappa shape index (κ1) is 20.1. The van der Waals surface area contributed by atoms with Gasteiger partial charge in [0.2, 0.25) is 4.96 Å². The highest BCUT2D eigenvalue weighted by molar-refractivity contribution is 7.16.